The van der Waals surface area contributed by atoms with E-state index in [0.717, 1.165) is 0 Å². The summed E-state index contributed by atoms with van der Waals surface area (Å²) in [5.74, 6) is -2.73. The molecule has 1 saturated carbocycles. The van der Waals surface area contributed by atoms with Gasteiger partial charge in [-0.05, 0) is 35.4 Å². The monoisotopic (exact) mass is 552 g/mol. The largest absolute Gasteiger partial charge is 0.294 e. The highest BCUT2D eigenvalue weighted by Gasteiger charge is 2.59. The van der Waals surface area contributed by atoms with E-state index in [9.17, 15) is 9.59 Å². The average molecular weight is 554 g/mol. The first-order chi connectivity index (χ1) is 17.4. The zero-order chi connectivity index (χ0) is 25.4. The molecule has 1 fully saturated rings. The van der Waals surface area contributed by atoms with Gasteiger partial charge in [-0.2, -0.15) is 0 Å². The molecular weight excluding hydrogens is 534 g/mol. The number of carbonyl (C=O) groups excluding carboxylic acids is 2. The van der Waals surface area contributed by atoms with Crippen LogP contribution in [0.4, 0.5) is 0 Å². The van der Waals surface area contributed by atoms with Crippen molar-refractivity contribution in [3.8, 4) is 0 Å². The van der Waals surface area contributed by atoms with Crippen molar-refractivity contribution in [3.05, 3.63) is 139 Å². The molecule has 6 heteroatoms. The molecule has 5 rings (SSSR count). The Morgan fingerprint density at radius 3 is 1.06 bits per heavy atom. The van der Waals surface area contributed by atoms with Gasteiger partial charge in [0.25, 0.3) is 0 Å². The van der Waals surface area contributed by atoms with Crippen molar-refractivity contribution in [2.24, 2.45) is 11.8 Å². The first kappa shape index (κ1) is 25.0. The molecule has 0 heterocycles. The number of carbonyl (C=O) groups is 2. The maximum Gasteiger partial charge on any atom is 0.167 e. The zero-order valence-electron chi connectivity index (χ0n) is 18.9. The van der Waals surface area contributed by atoms with Gasteiger partial charge in [0.05, 0.1) is 0 Å². The molecule has 4 aromatic carbocycles. The molecule has 36 heavy (non-hydrogen) atoms. The third kappa shape index (κ3) is 4.37. The molecule has 180 valence electrons. The Balaban J connectivity index is 1.75. The SMILES string of the molecule is O=C(c1ccccc1)[C@@H]1[C@H](C(=O)c2ccccc2)[C@@H](c2c(Cl)cccc2Cl)[C@H]1c1c(Cl)cccc1Cl. The van der Waals surface area contributed by atoms with Crippen molar-refractivity contribution in [2.45, 2.75) is 11.8 Å². The lowest BCUT2D eigenvalue weighted by molar-refractivity contribution is 0.0457. The van der Waals surface area contributed by atoms with Gasteiger partial charge >= 0.3 is 0 Å². The standard InChI is InChI=1S/C30H20Cl4O2/c31-19-13-7-14-20(32)23(19)25-26(24-21(33)15-8-16-22(24)34)28(30(36)18-11-5-2-6-12-18)27(25)29(35)17-9-3-1-4-10-17/h1-16,25-28H/t25-,26+,27+,28-. The Kier molecular flexibility index (Phi) is 7.23. The first-order valence-electron chi connectivity index (χ1n) is 11.5. The fourth-order valence-corrected chi connectivity index (χ4v) is 6.67. The van der Waals surface area contributed by atoms with Gasteiger partial charge in [-0.25, -0.2) is 0 Å². The summed E-state index contributed by atoms with van der Waals surface area (Å²) in [5, 5.41) is 1.71. The molecule has 4 atom stereocenters. The Bertz CT molecular complexity index is 1280. The highest BCUT2D eigenvalue weighted by molar-refractivity contribution is 6.37. The van der Waals surface area contributed by atoms with E-state index in [4.69, 9.17) is 46.4 Å². The van der Waals surface area contributed by atoms with Crippen LogP contribution in [-0.4, -0.2) is 11.6 Å². The summed E-state index contributed by atoms with van der Waals surface area (Å²) in [7, 11) is 0. The third-order valence-corrected chi connectivity index (χ3v) is 8.25. The zero-order valence-corrected chi connectivity index (χ0v) is 21.9. The van der Waals surface area contributed by atoms with Gasteiger partial charge in [0.2, 0.25) is 0 Å². The number of hydrogen-bond donors (Lipinski definition) is 0. The van der Waals surface area contributed by atoms with Crippen LogP contribution in [0.2, 0.25) is 20.1 Å². The fraction of sp³-hybridized carbons (Fsp3) is 0.133. The normalized spacial score (nSPS) is 21.0. The molecule has 0 unspecified atom stereocenters. The lowest BCUT2D eigenvalue weighted by Crippen LogP contribution is -2.51. The number of halogens is 4. The maximum absolute atomic E-state index is 14.0. The number of hydrogen-bond acceptors (Lipinski definition) is 2. The topological polar surface area (TPSA) is 34.1 Å². The highest BCUT2D eigenvalue weighted by atomic mass is 35.5. The van der Waals surface area contributed by atoms with Gasteiger partial charge in [0.15, 0.2) is 11.6 Å². The van der Waals surface area contributed by atoms with Gasteiger partial charge in [0, 0.05) is 54.9 Å². The average Bonchev–Trinajstić information content (AvgIpc) is 2.88. The van der Waals surface area contributed by atoms with Gasteiger partial charge < -0.3 is 0 Å². The van der Waals surface area contributed by atoms with E-state index in [0.29, 0.717) is 42.3 Å². The summed E-state index contributed by atoms with van der Waals surface area (Å²) in [6.45, 7) is 0. The minimum Gasteiger partial charge on any atom is -0.294 e. The minimum atomic E-state index is -0.713. The van der Waals surface area contributed by atoms with Crippen molar-refractivity contribution in [1.29, 1.82) is 0 Å². The predicted octanol–water partition coefficient (Wildman–Crippen LogP) is 9.18. The van der Waals surface area contributed by atoms with Crippen LogP contribution in [-0.2, 0) is 0 Å². The van der Waals surface area contributed by atoms with Crippen molar-refractivity contribution < 1.29 is 9.59 Å². The molecule has 1 aliphatic rings. The van der Waals surface area contributed by atoms with Crippen molar-refractivity contribution in [3.63, 3.8) is 0 Å². The molecule has 0 amide bonds. The maximum atomic E-state index is 14.0. The van der Waals surface area contributed by atoms with Crippen LogP contribution in [0.5, 0.6) is 0 Å². The fourth-order valence-electron chi connectivity index (χ4n) is 5.37. The lowest BCUT2D eigenvalue weighted by Gasteiger charge is -2.52. The summed E-state index contributed by atoms with van der Waals surface area (Å²) < 4.78 is 0. The Labute approximate surface area is 229 Å². The van der Waals surface area contributed by atoms with Crippen molar-refractivity contribution in [1.82, 2.24) is 0 Å². The van der Waals surface area contributed by atoms with Gasteiger partial charge in [-0.3, -0.25) is 9.59 Å². The second-order valence-corrected chi connectivity index (χ2v) is 10.5. The van der Waals surface area contributed by atoms with Crippen LogP contribution in [0.1, 0.15) is 43.7 Å². The number of benzene rings is 4. The Hall–Kier alpha value is -2.62. The number of rotatable bonds is 6. The van der Waals surface area contributed by atoms with Gasteiger partial charge in [-0.15, -0.1) is 0 Å². The van der Waals surface area contributed by atoms with E-state index in [1.807, 2.05) is 12.1 Å². The molecule has 0 radical (unpaired) electrons. The van der Waals surface area contributed by atoms with Crippen LogP contribution in [0.15, 0.2) is 97.1 Å². The molecule has 0 saturated heterocycles. The number of Topliss-reactive ketones (excluding diaryl/α,β-unsaturated/α-hetero) is 2. The molecule has 0 N–H and O–H groups in total. The first-order valence-corrected chi connectivity index (χ1v) is 13.0. The Morgan fingerprint density at radius 1 is 0.444 bits per heavy atom. The quantitative estimate of drug-likeness (QED) is 0.223. The summed E-state index contributed by atoms with van der Waals surface area (Å²) in [5.41, 5.74) is 2.27. The summed E-state index contributed by atoms with van der Waals surface area (Å²) in [6, 6.07) is 28.4. The van der Waals surface area contributed by atoms with Gasteiger partial charge in [0.1, 0.15) is 0 Å². The lowest BCUT2D eigenvalue weighted by atomic mass is 9.49. The van der Waals surface area contributed by atoms with Crippen LogP contribution in [0.25, 0.3) is 0 Å². The smallest absolute Gasteiger partial charge is 0.167 e. The van der Waals surface area contributed by atoms with Crippen LogP contribution in [0, 0.1) is 11.8 Å². The molecular formula is C30H20Cl4O2. The van der Waals surface area contributed by atoms with Gasteiger partial charge in [-0.1, -0.05) is 119 Å². The summed E-state index contributed by atoms with van der Waals surface area (Å²) >= 11 is 26.7. The molecule has 2 nitrogen and oxygen atoms in total. The minimum absolute atomic E-state index is 0.148. The highest BCUT2D eigenvalue weighted by Crippen LogP contribution is 2.63. The van der Waals surface area contributed by atoms with E-state index < -0.39 is 23.7 Å². The van der Waals surface area contributed by atoms with E-state index in [1.54, 1.807) is 84.9 Å². The second kappa shape index (κ2) is 10.4. The molecule has 0 aromatic heterocycles. The number of ketones is 2. The van der Waals surface area contributed by atoms with Crippen LogP contribution < -0.4 is 0 Å². The molecule has 0 bridgehead atoms. The second-order valence-electron chi connectivity index (χ2n) is 8.83. The van der Waals surface area contributed by atoms with E-state index >= 15 is 0 Å². The van der Waals surface area contributed by atoms with Crippen molar-refractivity contribution in [2.75, 3.05) is 0 Å². The van der Waals surface area contributed by atoms with Crippen LogP contribution in [0.3, 0.4) is 0 Å². The Morgan fingerprint density at radius 2 is 0.750 bits per heavy atom. The van der Waals surface area contributed by atoms with E-state index in [1.165, 1.54) is 0 Å². The predicted molar refractivity (Wildman–Crippen MR) is 147 cm³/mol. The van der Waals surface area contributed by atoms with E-state index in [2.05, 4.69) is 0 Å². The summed E-state index contributed by atoms with van der Waals surface area (Å²) in [4.78, 5) is 28.0. The molecule has 0 aliphatic heterocycles. The molecule has 4 aromatic rings. The summed E-state index contributed by atoms with van der Waals surface area (Å²) in [6.07, 6.45) is 0. The van der Waals surface area contributed by atoms with Crippen molar-refractivity contribution >= 4 is 58.0 Å². The molecule has 1 aliphatic carbocycles. The molecule has 0 spiro atoms. The van der Waals surface area contributed by atoms with E-state index in [-0.39, 0.29) is 11.6 Å². The third-order valence-electron chi connectivity index (χ3n) is 6.94. The van der Waals surface area contributed by atoms with Crippen LogP contribution >= 0.6 is 46.4 Å².